The second kappa shape index (κ2) is 6.31. The lowest BCUT2D eigenvalue weighted by atomic mass is 10.1. The Kier molecular flexibility index (Phi) is 4.49. The number of nitro groups is 1. The molecule has 0 radical (unpaired) electrons. The Labute approximate surface area is 123 Å². The van der Waals surface area contributed by atoms with Crippen LogP contribution in [-0.2, 0) is 6.42 Å². The van der Waals surface area contributed by atoms with E-state index in [-0.39, 0.29) is 5.69 Å². The molecule has 1 aromatic carbocycles. The molecule has 110 valence electrons. The quantitative estimate of drug-likeness (QED) is 0.631. The van der Waals surface area contributed by atoms with Crippen LogP contribution in [0.25, 0.3) is 0 Å². The van der Waals surface area contributed by atoms with E-state index in [4.69, 9.17) is 5.11 Å². The number of hydrogen-bond donors (Lipinski definition) is 2. The first kappa shape index (κ1) is 14.9. The summed E-state index contributed by atoms with van der Waals surface area (Å²) in [7, 11) is 0. The fourth-order valence-electron chi connectivity index (χ4n) is 1.79. The van der Waals surface area contributed by atoms with Gasteiger partial charge in [0.2, 0.25) is 0 Å². The molecule has 1 aromatic heterocycles. The number of thiophene rings is 1. The molecule has 2 aromatic rings. The summed E-state index contributed by atoms with van der Waals surface area (Å²) < 4.78 is 13.5. The van der Waals surface area contributed by atoms with Crippen molar-refractivity contribution < 1.29 is 19.2 Å². The highest BCUT2D eigenvalue weighted by Gasteiger charge is 2.21. The zero-order valence-corrected chi connectivity index (χ0v) is 11.5. The molecule has 8 heteroatoms. The van der Waals surface area contributed by atoms with Crippen molar-refractivity contribution in [2.45, 2.75) is 6.42 Å². The number of carbonyl (C=O) groups is 1. The van der Waals surface area contributed by atoms with Crippen LogP contribution in [0.1, 0.15) is 15.2 Å². The smallest absolute Gasteiger partial charge is 0.338 e. The maximum atomic E-state index is 13.5. The number of nitrogens with one attached hydrogen (secondary N) is 1. The van der Waals surface area contributed by atoms with Gasteiger partial charge in [0.25, 0.3) is 5.69 Å². The van der Waals surface area contributed by atoms with Gasteiger partial charge in [0.15, 0.2) is 0 Å². The second-order valence-electron chi connectivity index (χ2n) is 4.17. The number of nitrogens with zero attached hydrogens (tertiary/aromatic N) is 1. The van der Waals surface area contributed by atoms with E-state index in [0.29, 0.717) is 19.0 Å². The molecule has 0 atom stereocenters. The molecular weight excluding hydrogens is 299 g/mol. The van der Waals surface area contributed by atoms with Crippen molar-refractivity contribution in [2.24, 2.45) is 0 Å². The summed E-state index contributed by atoms with van der Waals surface area (Å²) in [5.41, 5.74) is -1.08. The third-order valence-electron chi connectivity index (χ3n) is 2.78. The van der Waals surface area contributed by atoms with Crippen molar-refractivity contribution >= 4 is 28.7 Å². The molecule has 0 unspecified atom stereocenters. The summed E-state index contributed by atoms with van der Waals surface area (Å²) in [6.07, 6.45) is 0.634. The number of benzene rings is 1. The lowest BCUT2D eigenvalue weighted by Gasteiger charge is -2.08. The van der Waals surface area contributed by atoms with Crippen LogP contribution in [0.5, 0.6) is 0 Å². The van der Waals surface area contributed by atoms with Gasteiger partial charge >= 0.3 is 5.97 Å². The molecular formula is C13H11FN2O4S. The molecule has 0 aliphatic heterocycles. The number of anilines is 1. The first-order chi connectivity index (χ1) is 9.99. The summed E-state index contributed by atoms with van der Waals surface area (Å²) in [6, 6.07) is 5.39. The van der Waals surface area contributed by atoms with E-state index in [1.807, 2.05) is 17.5 Å². The summed E-state index contributed by atoms with van der Waals surface area (Å²) in [4.78, 5) is 22.1. The minimum atomic E-state index is -1.47. The van der Waals surface area contributed by atoms with Crippen molar-refractivity contribution in [2.75, 3.05) is 11.9 Å². The Hall–Kier alpha value is -2.48. The van der Waals surface area contributed by atoms with E-state index in [1.165, 1.54) is 0 Å². The topological polar surface area (TPSA) is 92.5 Å². The second-order valence-corrected chi connectivity index (χ2v) is 5.20. The zero-order valence-electron chi connectivity index (χ0n) is 10.7. The fourth-order valence-corrected chi connectivity index (χ4v) is 2.50. The summed E-state index contributed by atoms with van der Waals surface area (Å²) in [5, 5.41) is 24.5. The molecule has 0 saturated carbocycles. The zero-order chi connectivity index (χ0) is 15.4. The highest BCUT2D eigenvalue weighted by Crippen LogP contribution is 2.28. The van der Waals surface area contributed by atoms with E-state index in [2.05, 4.69) is 5.32 Å². The Bertz CT molecular complexity index is 673. The predicted octanol–water partition coefficient (Wildman–Crippen LogP) is 3.15. The van der Waals surface area contributed by atoms with Crippen molar-refractivity contribution in [1.82, 2.24) is 0 Å². The van der Waals surface area contributed by atoms with E-state index in [0.717, 1.165) is 10.9 Å². The minimum absolute atomic E-state index is 0.00430. The minimum Gasteiger partial charge on any atom is -0.478 e. The average molecular weight is 310 g/mol. The number of rotatable bonds is 6. The van der Waals surface area contributed by atoms with Gasteiger partial charge in [0, 0.05) is 11.4 Å². The number of aromatic carboxylic acids is 1. The standard InChI is InChI=1S/C13H11FN2O4S/c14-10-7-12(16(19)20)11(6-9(10)13(17)18)15-4-3-8-2-1-5-21-8/h1-2,5-7,15H,3-4H2,(H,17,18). The molecule has 0 fully saturated rings. The lowest BCUT2D eigenvalue weighted by Crippen LogP contribution is -2.09. The van der Waals surface area contributed by atoms with Crippen LogP contribution in [0, 0.1) is 15.9 Å². The van der Waals surface area contributed by atoms with Crippen molar-refractivity contribution in [3.8, 4) is 0 Å². The molecule has 0 aliphatic rings. The number of halogens is 1. The van der Waals surface area contributed by atoms with Crippen LogP contribution < -0.4 is 5.32 Å². The van der Waals surface area contributed by atoms with Crippen molar-refractivity contribution in [1.29, 1.82) is 0 Å². The maximum absolute atomic E-state index is 13.5. The number of nitro benzene ring substituents is 1. The monoisotopic (exact) mass is 310 g/mol. The predicted molar refractivity (Wildman–Crippen MR) is 76.5 cm³/mol. The van der Waals surface area contributed by atoms with E-state index in [9.17, 15) is 19.3 Å². The number of carboxylic acid groups (broad SMARTS) is 1. The maximum Gasteiger partial charge on any atom is 0.338 e. The summed E-state index contributed by atoms with van der Waals surface area (Å²) >= 11 is 1.55. The lowest BCUT2D eigenvalue weighted by molar-refractivity contribution is -0.384. The van der Waals surface area contributed by atoms with Gasteiger partial charge in [-0.1, -0.05) is 6.07 Å². The normalized spacial score (nSPS) is 10.3. The van der Waals surface area contributed by atoms with Crippen molar-refractivity contribution in [3.05, 3.63) is 56.0 Å². The molecule has 2 N–H and O–H groups in total. The van der Waals surface area contributed by atoms with Crippen LogP contribution in [0.2, 0.25) is 0 Å². The van der Waals surface area contributed by atoms with Crippen LogP contribution in [0.4, 0.5) is 15.8 Å². The van der Waals surface area contributed by atoms with Crippen LogP contribution >= 0.6 is 11.3 Å². The van der Waals surface area contributed by atoms with Gasteiger partial charge in [-0.05, 0) is 23.9 Å². The molecule has 0 saturated heterocycles. The average Bonchev–Trinajstić information content (AvgIpc) is 2.92. The largest absolute Gasteiger partial charge is 0.478 e. The van der Waals surface area contributed by atoms with Crippen LogP contribution in [0.15, 0.2) is 29.6 Å². The molecule has 6 nitrogen and oxygen atoms in total. The van der Waals surface area contributed by atoms with Gasteiger partial charge in [0.05, 0.1) is 16.6 Å². The summed E-state index contributed by atoms with van der Waals surface area (Å²) in [5.74, 6) is -2.60. The molecule has 0 spiro atoms. The Balaban J connectivity index is 2.21. The SMILES string of the molecule is O=C(O)c1cc(NCCc2cccs2)c([N+](=O)[O-])cc1F. The Morgan fingerprint density at radius 3 is 2.81 bits per heavy atom. The van der Waals surface area contributed by atoms with Crippen LogP contribution in [0.3, 0.4) is 0 Å². The van der Waals surface area contributed by atoms with E-state index in [1.54, 1.807) is 11.3 Å². The first-order valence-corrected chi connectivity index (χ1v) is 6.84. The van der Waals surface area contributed by atoms with Gasteiger partial charge in [-0.3, -0.25) is 10.1 Å². The van der Waals surface area contributed by atoms with Gasteiger partial charge < -0.3 is 10.4 Å². The molecule has 2 rings (SSSR count). The molecule has 0 bridgehead atoms. The first-order valence-electron chi connectivity index (χ1n) is 5.96. The molecule has 1 heterocycles. The highest BCUT2D eigenvalue weighted by atomic mass is 32.1. The van der Waals surface area contributed by atoms with E-state index < -0.39 is 28.0 Å². The van der Waals surface area contributed by atoms with Crippen molar-refractivity contribution in [3.63, 3.8) is 0 Å². The highest BCUT2D eigenvalue weighted by molar-refractivity contribution is 7.09. The van der Waals surface area contributed by atoms with Gasteiger partial charge in [-0.15, -0.1) is 11.3 Å². The molecule has 21 heavy (non-hydrogen) atoms. The Morgan fingerprint density at radius 2 is 2.24 bits per heavy atom. The van der Waals surface area contributed by atoms with E-state index >= 15 is 0 Å². The van der Waals surface area contributed by atoms with Crippen LogP contribution in [-0.4, -0.2) is 22.5 Å². The summed E-state index contributed by atoms with van der Waals surface area (Å²) in [6.45, 7) is 0.381. The molecule has 0 amide bonds. The van der Waals surface area contributed by atoms with Gasteiger partial charge in [-0.25, -0.2) is 9.18 Å². The fraction of sp³-hybridized carbons (Fsp3) is 0.154. The number of carboxylic acids is 1. The Morgan fingerprint density at radius 1 is 1.48 bits per heavy atom. The third kappa shape index (κ3) is 3.54. The van der Waals surface area contributed by atoms with Gasteiger partial charge in [0.1, 0.15) is 11.5 Å². The molecule has 0 aliphatic carbocycles. The third-order valence-corrected chi connectivity index (χ3v) is 3.72. The number of hydrogen-bond acceptors (Lipinski definition) is 5. The van der Waals surface area contributed by atoms with Gasteiger partial charge in [-0.2, -0.15) is 0 Å².